The minimum absolute atomic E-state index is 0.352. The number of ether oxygens (including phenoxy) is 1. The summed E-state index contributed by atoms with van der Waals surface area (Å²) in [6.45, 7) is 2.78. The lowest BCUT2D eigenvalue weighted by Gasteiger charge is -2.21. The van der Waals surface area contributed by atoms with Crippen LogP contribution in [0.4, 0.5) is 11.4 Å². The molecule has 0 aliphatic heterocycles. The summed E-state index contributed by atoms with van der Waals surface area (Å²) >= 11 is 1.62. The summed E-state index contributed by atoms with van der Waals surface area (Å²) in [5.41, 5.74) is 12.8. The summed E-state index contributed by atoms with van der Waals surface area (Å²) in [7, 11) is 4.09. The van der Waals surface area contributed by atoms with Gasteiger partial charge in [-0.25, -0.2) is 0 Å². The van der Waals surface area contributed by atoms with Crippen molar-refractivity contribution in [2.45, 2.75) is 22.8 Å². The highest BCUT2D eigenvalue weighted by Crippen LogP contribution is 2.36. The highest BCUT2D eigenvalue weighted by atomic mass is 32.2. The smallest absolute Gasteiger partial charge is 0.133 e. The molecular formula is C17H23N3OS. The molecular weight excluding hydrogens is 294 g/mol. The molecule has 0 spiro atoms. The van der Waals surface area contributed by atoms with Crippen molar-refractivity contribution in [3.8, 4) is 5.75 Å². The zero-order valence-corrected chi connectivity index (χ0v) is 14.1. The molecule has 0 aliphatic rings. The second-order valence-electron chi connectivity index (χ2n) is 5.46. The third-order valence-electron chi connectivity index (χ3n) is 3.50. The molecule has 22 heavy (non-hydrogen) atoms. The van der Waals surface area contributed by atoms with Gasteiger partial charge in [0, 0.05) is 10.9 Å². The van der Waals surface area contributed by atoms with E-state index in [1.165, 1.54) is 0 Å². The Bertz CT molecular complexity index is 631. The van der Waals surface area contributed by atoms with Gasteiger partial charge in [0.1, 0.15) is 12.4 Å². The normalized spacial score (nSPS) is 12.4. The minimum atomic E-state index is 0.352. The quantitative estimate of drug-likeness (QED) is 0.800. The summed E-state index contributed by atoms with van der Waals surface area (Å²) in [5, 5.41) is 0. The molecule has 2 aromatic carbocycles. The van der Waals surface area contributed by atoms with Gasteiger partial charge in [0.25, 0.3) is 0 Å². The van der Waals surface area contributed by atoms with Crippen molar-refractivity contribution < 1.29 is 4.74 Å². The lowest BCUT2D eigenvalue weighted by Crippen LogP contribution is -2.30. The molecule has 5 heteroatoms. The molecule has 0 saturated heterocycles. The number of anilines is 2. The van der Waals surface area contributed by atoms with E-state index in [2.05, 4.69) is 11.8 Å². The predicted octanol–water partition coefficient (Wildman–Crippen LogP) is 3.33. The standard InChI is InChI=1S/C17H23N3OS/c1-12(20(2)3)11-21-16-6-4-5-7-17(16)22-13-8-9-14(18)15(19)10-13/h4-10,12H,11,18-19H2,1-3H3. The molecule has 0 aromatic heterocycles. The number of nitrogen functional groups attached to an aromatic ring is 2. The van der Waals surface area contributed by atoms with Crippen LogP contribution in [-0.2, 0) is 0 Å². The number of rotatable bonds is 6. The van der Waals surface area contributed by atoms with Crippen molar-refractivity contribution in [2.24, 2.45) is 0 Å². The molecule has 1 unspecified atom stereocenters. The largest absolute Gasteiger partial charge is 0.491 e. The van der Waals surface area contributed by atoms with Crippen LogP contribution in [0.25, 0.3) is 0 Å². The van der Waals surface area contributed by atoms with Gasteiger partial charge in [-0.2, -0.15) is 0 Å². The molecule has 2 aromatic rings. The number of likely N-dealkylation sites (N-methyl/N-ethyl adjacent to an activating group) is 1. The lowest BCUT2D eigenvalue weighted by atomic mass is 10.3. The van der Waals surface area contributed by atoms with Gasteiger partial charge in [-0.3, -0.25) is 0 Å². The van der Waals surface area contributed by atoms with Crippen LogP contribution in [0.15, 0.2) is 52.3 Å². The Morgan fingerprint density at radius 1 is 1.09 bits per heavy atom. The third-order valence-corrected chi connectivity index (χ3v) is 4.54. The topological polar surface area (TPSA) is 64.5 Å². The Hall–Kier alpha value is -1.85. The molecule has 1 atom stereocenters. The van der Waals surface area contributed by atoms with E-state index in [0.717, 1.165) is 15.5 Å². The van der Waals surface area contributed by atoms with Gasteiger partial charge in [-0.15, -0.1) is 0 Å². The third kappa shape index (κ3) is 4.32. The van der Waals surface area contributed by atoms with Crippen LogP contribution >= 0.6 is 11.8 Å². The van der Waals surface area contributed by atoms with Crippen LogP contribution in [0, 0.1) is 0 Å². The molecule has 0 radical (unpaired) electrons. The number of hydrogen-bond donors (Lipinski definition) is 2. The van der Waals surface area contributed by atoms with Crippen LogP contribution in [-0.4, -0.2) is 31.6 Å². The SMILES string of the molecule is CC(COc1ccccc1Sc1ccc(N)c(N)c1)N(C)C. The zero-order chi connectivity index (χ0) is 16.1. The second kappa shape index (κ2) is 7.42. The monoisotopic (exact) mass is 317 g/mol. The summed E-state index contributed by atoms with van der Waals surface area (Å²) < 4.78 is 5.97. The average Bonchev–Trinajstić information content (AvgIpc) is 2.49. The van der Waals surface area contributed by atoms with E-state index in [4.69, 9.17) is 16.2 Å². The number of nitrogens with zero attached hydrogens (tertiary/aromatic N) is 1. The molecule has 2 rings (SSSR count). The Balaban J connectivity index is 2.12. The molecule has 0 saturated carbocycles. The molecule has 0 aliphatic carbocycles. The maximum atomic E-state index is 5.97. The van der Waals surface area contributed by atoms with Crippen molar-refractivity contribution in [3.05, 3.63) is 42.5 Å². The Labute approximate surface area is 136 Å². The van der Waals surface area contributed by atoms with Crippen molar-refractivity contribution in [3.63, 3.8) is 0 Å². The van der Waals surface area contributed by atoms with Gasteiger partial charge in [-0.05, 0) is 51.4 Å². The molecule has 0 amide bonds. The fourth-order valence-corrected chi connectivity index (χ4v) is 2.71. The molecule has 0 heterocycles. The highest BCUT2D eigenvalue weighted by Gasteiger charge is 2.09. The Morgan fingerprint density at radius 3 is 2.50 bits per heavy atom. The van der Waals surface area contributed by atoms with Crippen molar-refractivity contribution in [1.29, 1.82) is 0 Å². The van der Waals surface area contributed by atoms with E-state index in [1.54, 1.807) is 11.8 Å². The first-order valence-electron chi connectivity index (χ1n) is 7.18. The molecule has 4 N–H and O–H groups in total. The average molecular weight is 317 g/mol. The summed E-state index contributed by atoms with van der Waals surface area (Å²) in [5.74, 6) is 0.886. The van der Waals surface area contributed by atoms with E-state index in [0.29, 0.717) is 24.0 Å². The van der Waals surface area contributed by atoms with Crippen molar-refractivity contribution in [2.75, 3.05) is 32.2 Å². The number of hydrogen-bond acceptors (Lipinski definition) is 5. The second-order valence-corrected chi connectivity index (χ2v) is 6.58. The predicted molar refractivity (Wildman–Crippen MR) is 94.5 cm³/mol. The van der Waals surface area contributed by atoms with Crippen molar-refractivity contribution in [1.82, 2.24) is 4.90 Å². The van der Waals surface area contributed by atoms with Gasteiger partial charge in [0.15, 0.2) is 0 Å². The van der Waals surface area contributed by atoms with Gasteiger partial charge in [0.2, 0.25) is 0 Å². The van der Waals surface area contributed by atoms with Crippen LogP contribution in [0.5, 0.6) is 5.75 Å². The molecule has 4 nitrogen and oxygen atoms in total. The van der Waals surface area contributed by atoms with Crippen LogP contribution in [0.2, 0.25) is 0 Å². The Kier molecular flexibility index (Phi) is 5.57. The van der Waals surface area contributed by atoms with Gasteiger partial charge < -0.3 is 21.1 Å². The first kappa shape index (κ1) is 16.5. The maximum Gasteiger partial charge on any atom is 0.133 e. The Morgan fingerprint density at radius 2 is 1.82 bits per heavy atom. The summed E-state index contributed by atoms with van der Waals surface area (Å²) in [6, 6.07) is 14.1. The first-order valence-corrected chi connectivity index (χ1v) is 8.00. The van der Waals surface area contributed by atoms with E-state index < -0.39 is 0 Å². The summed E-state index contributed by atoms with van der Waals surface area (Å²) in [4.78, 5) is 4.25. The van der Waals surface area contributed by atoms with E-state index in [9.17, 15) is 0 Å². The number of para-hydroxylation sites is 1. The van der Waals surface area contributed by atoms with Crippen LogP contribution < -0.4 is 16.2 Å². The fourth-order valence-electron chi connectivity index (χ4n) is 1.76. The van der Waals surface area contributed by atoms with Gasteiger partial charge in [-0.1, -0.05) is 23.9 Å². The highest BCUT2D eigenvalue weighted by molar-refractivity contribution is 7.99. The van der Waals surface area contributed by atoms with Crippen LogP contribution in [0.1, 0.15) is 6.92 Å². The fraction of sp³-hybridized carbons (Fsp3) is 0.294. The van der Waals surface area contributed by atoms with Gasteiger partial charge in [0.05, 0.1) is 16.3 Å². The number of benzene rings is 2. The maximum absolute atomic E-state index is 5.97. The van der Waals surface area contributed by atoms with E-state index in [-0.39, 0.29) is 0 Å². The van der Waals surface area contributed by atoms with Crippen molar-refractivity contribution >= 4 is 23.1 Å². The zero-order valence-electron chi connectivity index (χ0n) is 13.2. The first-order chi connectivity index (χ1) is 10.5. The van der Waals surface area contributed by atoms with E-state index in [1.807, 2.05) is 56.6 Å². The van der Waals surface area contributed by atoms with Gasteiger partial charge >= 0.3 is 0 Å². The molecule has 0 fully saturated rings. The van der Waals surface area contributed by atoms with Crippen LogP contribution in [0.3, 0.4) is 0 Å². The molecule has 118 valence electrons. The number of nitrogens with two attached hydrogens (primary N) is 2. The summed E-state index contributed by atoms with van der Waals surface area (Å²) in [6.07, 6.45) is 0. The molecule has 0 bridgehead atoms. The minimum Gasteiger partial charge on any atom is -0.491 e. The van der Waals surface area contributed by atoms with E-state index >= 15 is 0 Å². The lowest BCUT2D eigenvalue weighted by molar-refractivity contribution is 0.195.